The number of nitrogens with zero attached hydrogens (tertiary/aromatic N) is 1. The van der Waals surface area contributed by atoms with E-state index < -0.39 is 11.8 Å². The first-order chi connectivity index (χ1) is 3.13. The van der Waals surface area contributed by atoms with Gasteiger partial charge >= 0.3 is 0 Å². The van der Waals surface area contributed by atoms with Crippen molar-refractivity contribution in [3.63, 3.8) is 0 Å². The fourth-order valence-electron chi connectivity index (χ4n) is 0.222. The molecule has 0 aliphatic rings. The van der Waals surface area contributed by atoms with Crippen LogP contribution in [0.5, 0.6) is 0 Å². The van der Waals surface area contributed by atoms with Crippen molar-refractivity contribution < 1.29 is 32.0 Å². The third-order valence-electron chi connectivity index (χ3n) is 0.315. The minimum absolute atomic E-state index is 0. The van der Waals surface area contributed by atoms with E-state index in [1.54, 1.807) is 0 Å². The van der Waals surface area contributed by atoms with Crippen LogP contribution in [-0.4, -0.2) is 11.8 Å². The molecule has 0 unspecified atom stereocenters. The zero-order valence-corrected chi connectivity index (χ0v) is 7.92. The number of hydrogen-bond acceptors (Lipinski definition) is 2. The van der Waals surface area contributed by atoms with Gasteiger partial charge in [-0.2, -0.15) is 0 Å². The van der Waals surface area contributed by atoms with Gasteiger partial charge in [0.1, 0.15) is 0 Å². The summed E-state index contributed by atoms with van der Waals surface area (Å²) in [4.78, 5) is 19.7. The summed E-state index contributed by atoms with van der Waals surface area (Å²) in [7, 11) is 0. The van der Waals surface area contributed by atoms with Gasteiger partial charge in [-0.15, -0.1) is 0 Å². The van der Waals surface area contributed by atoms with Crippen molar-refractivity contribution in [2.45, 2.75) is 13.8 Å². The molecule has 0 aromatic carbocycles. The van der Waals surface area contributed by atoms with E-state index in [9.17, 15) is 9.59 Å². The van der Waals surface area contributed by atoms with Gasteiger partial charge in [-0.3, -0.25) is 0 Å². The van der Waals surface area contributed by atoms with E-state index in [4.69, 9.17) is 0 Å². The van der Waals surface area contributed by atoms with Crippen LogP contribution in [0, 0.1) is 0 Å². The van der Waals surface area contributed by atoms with Gasteiger partial charge in [0.15, 0.2) is 0 Å². The van der Waals surface area contributed by atoms with Gasteiger partial charge in [-0.05, 0) is 13.8 Å². The van der Waals surface area contributed by atoms with Gasteiger partial charge in [0.2, 0.25) is 0 Å². The molecule has 2 amide bonds. The van der Waals surface area contributed by atoms with Crippen LogP contribution in [0.4, 0.5) is 0 Å². The molecule has 0 aliphatic heterocycles. The van der Waals surface area contributed by atoms with Crippen molar-refractivity contribution in [3.05, 3.63) is 5.32 Å². The number of rotatable bonds is 0. The minimum Gasteiger partial charge on any atom is -0.596 e. The minimum atomic E-state index is -0.437. The zero-order chi connectivity index (χ0) is 5.86. The summed E-state index contributed by atoms with van der Waals surface area (Å²) < 4.78 is 0. The van der Waals surface area contributed by atoms with E-state index in [0.29, 0.717) is 0 Å². The average molecular weight is 281 g/mol. The Balaban J connectivity index is 0. The molecule has 8 heavy (non-hydrogen) atoms. The molecule has 0 atom stereocenters. The number of hydrogen-bond donors (Lipinski definition) is 0. The number of imide groups is 1. The molecule has 0 aromatic heterocycles. The monoisotopic (exact) mass is 281 g/mol. The Labute approximate surface area is 63.3 Å². The molecule has 4 heteroatoms. The normalized spacial score (nSPS) is 6.75. The van der Waals surface area contributed by atoms with Gasteiger partial charge in [-0.25, -0.2) is 0 Å². The van der Waals surface area contributed by atoms with E-state index in [0.717, 1.165) is 0 Å². The van der Waals surface area contributed by atoms with Crippen molar-refractivity contribution in [2.24, 2.45) is 0 Å². The molecule has 0 bridgehead atoms. The molecule has 1 radical (unpaired) electrons. The average Bonchev–Trinajstić information content (AvgIpc) is 1.27. The second kappa shape index (κ2) is 5.03. The van der Waals surface area contributed by atoms with Crippen molar-refractivity contribution in [3.8, 4) is 0 Å². The molecule has 0 spiro atoms. The van der Waals surface area contributed by atoms with Crippen molar-refractivity contribution in [1.29, 1.82) is 0 Å². The number of carbonyl (C=O) groups excluding carboxylic acids is 2. The van der Waals surface area contributed by atoms with Crippen LogP contribution in [0.2, 0.25) is 0 Å². The molecular formula is C4H6NO2Ta-. The quantitative estimate of drug-likeness (QED) is 0.647. The van der Waals surface area contributed by atoms with Crippen molar-refractivity contribution in [1.82, 2.24) is 0 Å². The maximum absolute atomic E-state index is 9.87. The smallest absolute Gasteiger partial charge is 0.0533 e. The fourth-order valence-corrected chi connectivity index (χ4v) is 0.222. The first-order valence-electron chi connectivity index (χ1n) is 1.86. The zero-order valence-electron chi connectivity index (χ0n) is 4.71. The summed E-state index contributed by atoms with van der Waals surface area (Å²) in [6.45, 7) is 2.47. The fraction of sp³-hybridized carbons (Fsp3) is 0.500. The van der Waals surface area contributed by atoms with E-state index in [-0.39, 0.29) is 22.4 Å². The molecule has 0 heterocycles. The summed E-state index contributed by atoms with van der Waals surface area (Å²) in [5.41, 5.74) is 0. The summed E-state index contributed by atoms with van der Waals surface area (Å²) in [6.07, 6.45) is 0. The standard InChI is InChI=1S/C4H7NO2.Ta/c1-3(6)5-4(2)7;/h1-2H3,(H,5,6,7);/p-1. The van der Waals surface area contributed by atoms with E-state index in [1.165, 1.54) is 13.8 Å². The molecule has 0 N–H and O–H groups in total. The second-order valence-electron chi connectivity index (χ2n) is 1.15. The van der Waals surface area contributed by atoms with E-state index >= 15 is 0 Å². The Hall–Kier alpha value is -0.120. The van der Waals surface area contributed by atoms with E-state index in [1.807, 2.05) is 0 Å². The third kappa shape index (κ3) is 9.30. The number of amides is 2. The number of carbonyl (C=O) groups is 2. The first-order valence-corrected chi connectivity index (χ1v) is 1.86. The Kier molecular flexibility index (Phi) is 6.78. The summed E-state index contributed by atoms with van der Waals surface area (Å²) in [5.74, 6) is -0.875. The topological polar surface area (TPSA) is 48.2 Å². The van der Waals surface area contributed by atoms with Crippen LogP contribution in [0.1, 0.15) is 13.8 Å². The Morgan fingerprint density at radius 2 is 1.38 bits per heavy atom. The summed E-state index contributed by atoms with van der Waals surface area (Å²) in [5, 5.41) is 3.00. The van der Waals surface area contributed by atoms with Gasteiger partial charge in [0.05, 0.1) is 11.8 Å². The summed E-state index contributed by atoms with van der Waals surface area (Å²) >= 11 is 0. The van der Waals surface area contributed by atoms with Crippen LogP contribution >= 0.6 is 0 Å². The van der Waals surface area contributed by atoms with Gasteiger partial charge in [0, 0.05) is 22.4 Å². The maximum atomic E-state index is 9.87. The molecular weight excluding hydrogens is 275 g/mol. The molecule has 3 nitrogen and oxygen atoms in total. The summed E-state index contributed by atoms with van der Waals surface area (Å²) in [6, 6.07) is 0. The van der Waals surface area contributed by atoms with Gasteiger partial charge in [0.25, 0.3) is 0 Å². The largest absolute Gasteiger partial charge is 0.596 e. The van der Waals surface area contributed by atoms with Gasteiger partial charge < -0.3 is 14.9 Å². The Morgan fingerprint density at radius 3 is 1.38 bits per heavy atom. The van der Waals surface area contributed by atoms with Crippen molar-refractivity contribution in [2.75, 3.05) is 0 Å². The Bertz CT molecular complexity index is 90.2. The molecule has 0 aliphatic carbocycles. The molecule has 45 valence electrons. The van der Waals surface area contributed by atoms with Crippen LogP contribution in [0.3, 0.4) is 0 Å². The first kappa shape index (κ1) is 10.8. The van der Waals surface area contributed by atoms with Gasteiger partial charge in [-0.1, -0.05) is 0 Å². The van der Waals surface area contributed by atoms with Crippen LogP contribution in [0.25, 0.3) is 5.32 Å². The van der Waals surface area contributed by atoms with Crippen molar-refractivity contribution >= 4 is 11.8 Å². The molecule has 0 fully saturated rings. The molecule has 0 rings (SSSR count). The molecule has 0 saturated heterocycles. The predicted octanol–water partition coefficient (Wildman–Crippen LogP) is 0.451. The SMILES string of the molecule is CC(=O)[N-]C(C)=O.[Ta]. The molecule has 0 aromatic rings. The predicted molar refractivity (Wildman–Crippen MR) is 24.7 cm³/mol. The van der Waals surface area contributed by atoms with Crippen LogP contribution in [-0.2, 0) is 32.0 Å². The molecule has 0 saturated carbocycles. The Morgan fingerprint density at radius 1 is 1.12 bits per heavy atom. The third-order valence-corrected chi connectivity index (χ3v) is 0.315. The maximum Gasteiger partial charge on any atom is 0.0533 e. The second-order valence-corrected chi connectivity index (χ2v) is 1.15. The van der Waals surface area contributed by atoms with Crippen LogP contribution in [0.15, 0.2) is 0 Å². The van der Waals surface area contributed by atoms with E-state index in [2.05, 4.69) is 5.32 Å². The van der Waals surface area contributed by atoms with Crippen LogP contribution < -0.4 is 0 Å².